The van der Waals surface area contributed by atoms with Crippen molar-refractivity contribution in [3.63, 3.8) is 0 Å². The highest BCUT2D eigenvalue weighted by Crippen LogP contribution is 2.32. The summed E-state index contributed by atoms with van der Waals surface area (Å²) in [5.41, 5.74) is 1.50. The lowest BCUT2D eigenvalue weighted by Gasteiger charge is -2.11. The van der Waals surface area contributed by atoms with Crippen molar-refractivity contribution in [3.8, 4) is 5.69 Å². The molecule has 0 saturated heterocycles. The van der Waals surface area contributed by atoms with Crippen LogP contribution in [0.15, 0.2) is 35.5 Å². The molecule has 0 unspecified atom stereocenters. The molecule has 10 heteroatoms. The Morgan fingerprint density at radius 1 is 1.29 bits per heavy atom. The zero-order valence-electron chi connectivity index (χ0n) is 11.7. The van der Waals surface area contributed by atoms with Crippen LogP contribution in [0, 0.1) is 0 Å². The first-order valence-electron chi connectivity index (χ1n) is 5.99. The van der Waals surface area contributed by atoms with E-state index in [-0.39, 0.29) is 4.90 Å². The van der Waals surface area contributed by atoms with Crippen LogP contribution >= 0.6 is 18.9 Å². The van der Waals surface area contributed by atoms with Crippen LogP contribution < -0.4 is 10.1 Å². The third-order valence-electron chi connectivity index (χ3n) is 2.71. The van der Waals surface area contributed by atoms with Crippen LogP contribution in [0.4, 0.5) is 0 Å². The molecule has 2 aromatic rings. The number of sulfonamides is 1. The Bertz CT molecular complexity index is 814. The number of nitrogens with zero attached hydrogens (tertiary/aromatic N) is 2. The maximum atomic E-state index is 12.0. The molecular formula is C11H14BClN3O3PS. The van der Waals surface area contributed by atoms with Gasteiger partial charge in [0.2, 0.25) is 10.0 Å². The molecule has 0 atom stereocenters. The monoisotopic (exact) mass is 345 g/mol. The summed E-state index contributed by atoms with van der Waals surface area (Å²) < 4.78 is 39.6. The van der Waals surface area contributed by atoms with Gasteiger partial charge in [0.1, 0.15) is 11.5 Å². The summed E-state index contributed by atoms with van der Waals surface area (Å²) in [6, 6.07) is 6.16. The van der Waals surface area contributed by atoms with Gasteiger partial charge in [-0.05, 0) is 24.3 Å². The minimum Gasteiger partial charge on any atom is -0.312 e. The smallest absolute Gasteiger partial charge is 0.246 e. The zero-order chi connectivity index (χ0) is 15.8. The third-order valence-corrected chi connectivity index (χ3v) is 6.70. The molecule has 0 saturated carbocycles. The molecule has 0 aliphatic heterocycles. The lowest BCUT2D eigenvalue weighted by Crippen LogP contribution is -2.20. The fourth-order valence-electron chi connectivity index (χ4n) is 1.78. The Labute approximate surface area is 129 Å². The van der Waals surface area contributed by atoms with Crippen molar-refractivity contribution in [1.82, 2.24) is 14.0 Å². The fourth-order valence-corrected chi connectivity index (χ4v) is 5.14. The average molecular weight is 346 g/mol. The van der Waals surface area contributed by atoms with Crippen molar-refractivity contribution in [2.24, 2.45) is 0 Å². The topological polar surface area (TPSA) is 81.1 Å². The van der Waals surface area contributed by atoms with Crippen LogP contribution in [0.2, 0.25) is 5.15 Å². The fraction of sp³-hybridized carbons (Fsp3) is 0.182. The van der Waals surface area contributed by atoms with Crippen molar-refractivity contribution < 1.29 is 13.0 Å². The van der Waals surface area contributed by atoms with E-state index in [0.717, 1.165) is 11.3 Å². The van der Waals surface area contributed by atoms with E-state index >= 15 is 0 Å². The molecule has 1 heterocycles. The Balaban J connectivity index is 2.36. The summed E-state index contributed by atoms with van der Waals surface area (Å²) in [5.74, 6) is 0. The number of hydrogen-bond acceptors (Lipinski definition) is 4. The average Bonchev–Trinajstić information content (AvgIpc) is 2.67. The summed E-state index contributed by atoms with van der Waals surface area (Å²) in [7, 11) is -4.87. The number of imidazole rings is 1. The molecule has 112 valence electrons. The molecule has 0 spiro atoms. The van der Waals surface area contributed by atoms with Crippen LogP contribution in [0.25, 0.3) is 5.69 Å². The van der Waals surface area contributed by atoms with Crippen LogP contribution in [0.5, 0.6) is 0 Å². The molecule has 1 aromatic heterocycles. The van der Waals surface area contributed by atoms with Gasteiger partial charge in [0.05, 0.1) is 4.90 Å². The van der Waals surface area contributed by atoms with Crippen molar-refractivity contribution in [2.75, 3.05) is 13.3 Å². The van der Waals surface area contributed by atoms with Gasteiger partial charge in [-0.2, -0.15) is 4.49 Å². The van der Waals surface area contributed by atoms with E-state index in [0.29, 0.717) is 5.15 Å². The number of rotatable bonds is 4. The molecule has 0 aliphatic rings. The van der Waals surface area contributed by atoms with Crippen molar-refractivity contribution in [1.29, 1.82) is 0 Å². The first-order valence-corrected chi connectivity index (χ1v) is 10.5. The molecule has 21 heavy (non-hydrogen) atoms. The van der Waals surface area contributed by atoms with Crippen molar-refractivity contribution in [2.45, 2.75) is 4.90 Å². The van der Waals surface area contributed by atoms with Gasteiger partial charge >= 0.3 is 0 Å². The molecule has 0 bridgehead atoms. The van der Waals surface area contributed by atoms with E-state index < -0.39 is 17.3 Å². The van der Waals surface area contributed by atoms with Gasteiger partial charge in [-0.3, -0.25) is 0 Å². The Morgan fingerprint density at radius 2 is 1.86 bits per heavy atom. The summed E-state index contributed by atoms with van der Waals surface area (Å²) >= 11 is 5.89. The number of benzene rings is 1. The third kappa shape index (κ3) is 3.77. The molecule has 0 amide bonds. The Morgan fingerprint density at radius 3 is 2.29 bits per heavy atom. The summed E-state index contributed by atoms with van der Waals surface area (Å²) in [4.78, 5) is 4.03. The molecule has 2 rings (SSSR count). The van der Waals surface area contributed by atoms with E-state index in [9.17, 15) is 13.0 Å². The van der Waals surface area contributed by atoms with E-state index in [1.165, 1.54) is 25.5 Å². The highest BCUT2D eigenvalue weighted by Gasteiger charge is 2.20. The number of hydrogen-bond donors (Lipinski definition) is 1. The van der Waals surface area contributed by atoms with Gasteiger partial charge in [0.15, 0.2) is 15.1 Å². The van der Waals surface area contributed by atoms with E-state index in [2.05, 4.69) is 9.48 Å². The van der Waals surface area contributed by atoms with Gasteiger partial charge in [-0.25, -0.2) is 13.4 Å². The SMILES string of the molecule is Bc1c(Cl)ncn1-c1ccc(S(=O)(=O)NP(C)(C)=O)cc1. The molecule has 0 aliphatic carbocycles. The minimum absolute atomic E-state index is 0.0547. The first kappa shape index (κ1) is 16.3. The largest absolute Gasteiger partial charge is 0.312 e. The lowest BCUT2D eigenvalue weighted by molar-refractivity contribution is 0.572. The maximum absolute atomic E-state index is 12.0. The van der Waals surface area contributed by atoms with E-state index in [1.54, 1.807) is 23.0 Å². The molecule has 0 radical (unpaired) electrons. The lowest BCUT2D eigenvalue weighted by atomic mass is 10.1. The summed E-state index contributed by atoms with van der Waals surface area (Å²) in [6.07, 6.45) is 1.56. The van der Waals surface area contributed by atoms with Crippen LogP contribution in [-0.4, -0.2) is 39.1 Å². The summed E-state index contributed by atoms with van der Waals surface area (Å²) in [5, 5.41) is 0.395. The second-order valence-corrected chi connectivity index (χ2v) is 10.2. The van der Waals surface area contributed by atoms with Crippen molar-refractivity contribution in [3.05, 3.63) is 35.7 Å². The Hall–Kier alpha value is -1.08. The Kier molecular flexibility index (Phi) is 4.35. The number of halogens is 1. The predicted molar refractivity (Wildman–Crippen MR) is 86.5 cm³/mol. The van der Waals surface area contributed by atoms with Gasteiger partial charge in [0, 0.05) is 24.6 Å². The van der Waals surface area contributed by atoms with Crippen molar-refractivity contribution >= 4 is 42.4 Å². The van der Waals surface area contributed by atoms with Gasteiger partial charge in [0.25, 0.3) is 0 Å². The molecule has 6 nitrogen and oxygen atoms in total. The van der Waals surface area contributed by atoms with Crippen LogP contribution in [-0.2, 0) is 14.6 Å². The van der Waals surface area contributed by atoms with E-state index in [4.69, 9.17) is 11.6 Å². The highest BCUT2D eigenvalue weighted by atomic mass is 35.5. The highest BCUT2D eigenvalue weighted by molar-refractivity contribution is 7.95. The predicted octanol–water partition coefficient (Wildman–Crippen LogP) is 0.600. The van der Waals surface area contributed by atoms with E-state index in [1.807, 2.05) is 7.85 Å². The van der Waals surface area contributed by atoms with Gasteiger partial charge in [-0.15, -0.1) is 0 Å². The van der Waals surface area contributed by atoms with Gasteiger partial charge < -0.3 is 9.13 Å². The normalized spacial score (nSPS) is 12.5. The minimum atomic E-state index is -3.79. The molecule has 1 aromatic carbocycles. The number of nitrogens with one attached hydrogen (secondary N) is 1. The molecular weight excluding hydrogens is 331 g/mol. The molecule has 1 N–H and O–H groups in total. The number of aromatic nitrogens is 2. The zero-order valence-corrected chi connectivity index (χ0v) is 14.2. The quantitative estimate of drug-likeness (QED) is 0.650. The van der Waals surface area contributed by atoms with Crippen LogP contribution in [0.1, 0.15) is 0 Å². The maximum Gasteiger partial charge on any atom is 0.246 e. The first-order chi connectivity index (χ1) is 9.60. The molecule has 0 fully saturated rings. The van der Waals surface area contributed by atoms with Gasteiger partial charge in [-0.1, -0.05) is 11.6 Å². The summed E-state index contributed by atoms with van der Waals surface area (Å²) in [6.45, 7) is 2.71. The van der Waals surface area contributed by atoms with Crippen LogP contribution in [0.3, 0.4) is 0 Å². The standard InChI is InChI=1S/C11H14BClN3O3PS/c1-20(2,17)15-21(18,19)9-5-3-8(4-6-9)16-7-14-11(13)10(16)12/h3-7H,12H2,1-2H3,(H,15,17). The second kappa shape index (κ2) is 5.61. The second-order valence-electron chi connectivity index (χ2n) is 4.93.